The van der Waals surface area contributed by atoms with Crippen molar-refractivity contribution in [1.29, 1.82) is 5.41 Å². The Balaban J connectivity index is 2.26. The van der Waals surface area contributed by atoms with Crippen LogP contribution in [0.4, 0.5) is 5.69 Å². The molecule has 0 unspecified atom stereocenters. The molecule has 25 heavy (non-hydrogen) atoms. The van der Waals surface area contributed by atoms with Crippen LogP contribution in [0.25, 0.3) is 16.7 Å². The average molecular weight is 330 g/mol. The van der Waals surface area contributed by atoms with E-state index < -0.39 is 0 Å². The Bertz CT molecular complexity index is 898. The largest absolute Gasteiger partial charge is 0.378 e. The summed E-state index contributed by atoms with van der Waals surface area (Å²) in [6.07, 6.45) is 2.46. The van der Waals surface area contributed by atoms with E-state index >= 15 is 0 Å². The highest BCUT2D eigenvalue weighted by Gasteiger charge is 2.21. The summed E-state index contributed by atoms with van der Waals surface area (Å²) < 4.78 is 0. The minimum absolute atomic E-state index is 0.956. The monoisotopic (exact) mass is 330 g/mol. The number of hydrogen-bond donors (Lipinski definition) is 1. The highest BCUT2D eigenvalue weighted by atomic mass is 15.1. The lowest BCUT2D eigenvalue weighted by atomic mass is 9.89. The first-order valence-corrected chi connectivity index (χ1v) is 8.72. The first-order chi connectivity index (χ1) is 11.9. The molecule has 1 aliphatic rings. The molecule has 2 aromatic carbocycles. The lowest BCUT2D eigenvalue weighted by molar-refractivity contribution is 1.13. The van der Waals surface area contributed by atoms with Gasteiger partial charge in [0.05, 0.1) is 0 Å². The smallest absolute Gasteiger partial charge is 0.0367 e. The molecule has 2 heteroatoms. The Morgan fingerprint density at radius 3 is 2.20 bits per heavy atom. The van der Waals surface area contributed by atoms with Crippen LogP contribution in [0.1, 0.15) is 38.3 Å². The Labute approximate surface area is 151 Å². The summed E-state index contributed by atoms with van der Waals surface area (Å²) in [5, 5.41) is 7.80. The van der Waals surface area contributed by atoms with E-state index in [0.717, 1.165) is 17.5 Å². The first-order valence-electron chi connectivity index (χ1n) is 8.72. The van der Waals surface area contributed by atoms with Gasteiger partial charge in [0.2, 0.25) is 0 Å². The highest BCUT2D eigenvalue weighted by Crippen LogP contribution is 2.42. The summed E-state index contributed by atoms with van der Waals surface area (Å²) in [5.41, 5.74) is 11.4. The van der Waals surface area contributed by atoms with Gasteiger partial charge in [-0.25, -0.2) is 0 Å². The van der Waals surface area contributed by atoms with Gasteiger partial charge >= 0.3 is 0 Å². The first kappa shape index (κ1) is 17.2. The molecule has 0 aromatic heterocycles. The van der Waals surface area contributed by atoms with Crippen LogP contribution in [0.3, 0.4) is 0 Å². The number of nitrogens with one attached hydrogen (secondary N) is 1. The third-order valence-corrected chi connectivity index (χ3v) is 5.35. The van der Waals surface area contributed by atoms with Crippen LogP contribution in [-0.2, 0) is 0 Å². The van der Waals surface area contributed by atoms with Crippen molar-refractivity contribution < 1.29 is 0 Å². The van der Waals surface area contributed by atoms with Crippen LogP contribution >= 0.6 is 0 Å². The molecule has 0 amide bonds. The Morgan fingerprint density at radius 1 is 0.880 bits per heavy atom. The highest BCUT2D eigenvalue weighted by molar-refractivity contribution is 5.95. The maximum Gasteiger partial charge on any atom is 0.0367 e. The Kier molecular flexibility index (Phi) is 4.63. The van der Waals surface area contributed by atoms with Crippen molar-refractivity contribution in [3.05, 3.63) is 70.3 Å². The number of benzene rings is 2. The second-order valence-corrected chi connectivity index (χ2v) is 7.04. The SMILES string of the molecule is CC1=C(C)C(C)=C(c2ccc(N(C)C)cc2-c2ccccc2C=N)C1. The molecule has 0 atom stereocenters. The molecular weight excluding hydrogens is 304 g/mol. The van der Waals surface area contributed by atoms with Gasteiger partial charge in [-0.1, -0.05) is 35.9 Å². The van der Waals surface area contributed by atoms with E-state index in [9.17, 15) is 0 Å². The number of allylic oxidation sites excluding steroid dienone is 4. The number of rotatable bonds is 4. The summed E-state index contributed by atoms with van der Waals surface area (Å²) in [6, 6.07) is 14.9. The van der Waals surface area contributed by atoms with Gasteiger partial charge in [-0.3, -0.25) is 0 Å². The average Bonchev–Trinajstić information content (AvgIpc) is 2.88. The van der Waals surface area contributed by atoms with Gasteiger partial charge < -0.3 is 10.3 Å². The maximum absolute atomic E-state index is 7.80. The second-order valence-electron chi connectivity index (χ2n) is 7.04. The predicted molar refractivity (Wildman–Crippen MR) is 110 cm³/mol. The van der Waals surface area contributed by atoms with E-state index in [1.165, 1.54) is 45.3 Å². The van der Waals surface area contributed by atoms with Gasteiger partial charge in [-0.2, -0.15) is 0 Å². The maximum atomic E-state index is 7.80. The molecule has 1 N–H and O–H groups in total. The summed E-state index contributed by atoms with van der Waals surface area (Å²) in [7, 11) is 4.13. The molecule has 0 spiro atoms. The molecule has 2 nitrogen and oxygen atoms in total. The van der Waals surface area contributed by atoms with Gasteiger partial charge in [0.15, 0.2) is 0 Å². The molecule has 1 aliphatic carbocycles. The van der Waals surface area contributed by atoms with Crippen molar-refractivity contribution in [2.45, 2.75) is 27.2 Å². The fraction of sp³-hybridized carbons (Fsp3) is 0.261. The van der Waals surface area contributed by atoms with Crippen molar-refractivity contribution in [2.75, 3.05) is 19.0 Å². The van der Waals surface area contributed by atoms with E-state index in [2.05, 4.69) is 70.1 Å². The molecule has 3 rings (SSSR count). The van der Waals surface area contributed by atoms with Gasteiger partial charge in [-0.05, 0) is 78.3 Å². The zero-order valence-electron chi connectivity index (χ0n) is 15.8. The quantitative estimate of drug-likeness (QED) is 0.691. The number of nitrogens with zero attached hydrogens (tertiary/aromatic N) is 1. The fourth-order valence-corrected chi connectivity index (χ4v) is 3.54. The number of hydrogen-bond acceptors (Lipinski definition) is 2. The van der Waals surface area contributed by atoms with Crippen molar-refractivity contribution in [1.82, 2.24) is 0 Å². The molecule has 2 aromatic rings. The lowest BCUT2D eigenvalue weighted by Gasteiger charge is -2.19. The van der Waals surface area contributed by atoms with Gasteiger partial charge in [0.1, 0.15) is 0 Å². The standard InChI is InChI=1S/C23H26N2/c1-15-12-22(17(3)16(15)2)21-11-10-19(25(4)5)13-23(21)20-9-7-6-8-18(20)14-24/h6-11,13-14,24H,12H2,1-5H3. The molecule has 0 saturated heterocycles. The van der Waals surface area contributed by atoms with Crippen molar-refractivity contribution in [3.63, 3.8) is 0 Å². The third-order valence-electron chi connectivity index (χ3n) is 5.35. The van der Waals surface area contributed by atoms with E-state index in [1.54, 1.807) is 0 Å². The van der Waals surface area contributed by atoms with Crippen molar-refractivity contribution in [2.24, 2.45) is 0 Å². The normalized spacial score (nSPS) is 14.3. The Morgan fingerprint density at radius 2 is 1.60 bits per heavy atom. The summed E-state index contributed by atoms with van der Waals surface area (Å²) in [6.45, 7) is 6.68. The molecule has 0 heterocycles. The minimum atomic E-state index is 0.956. The summed E-state index contributed by atoms with van der Waals surface area (Å²) >= 11 is 0. The van der Waals surface area contributed by atoms with Gasteiger partial charge in [0, 0.05) is 26.0 Å². The zero-order chi connectivity index (χ0) is 18.1. The van der Waals surface area contributed by atoms with Gasteiger partial charge in [-0.15, -0.1) is 0 Å². The summed E-state index contributed by atoms with van der Waals surface area (Å²) in [5.74, 6) is 0. The third kappa shape index (κ3) is 3.05. The minimum Gasteiger partial charge on any atom is -0.378 e. The number of anilines is 1. The topological polar surface area (TPSA) is 27.1 Å². The lowest BCUT2D eigenvalue weighted by Crippen LogP contribution is -2.09. The Hall–Kier alpha value is -2.61. The molecular formula is C23H26N2. The van der Waals surface area contributed by atoms with Crippen LogP contribution in [-0.4, -0.2) is 20.3 Å². The van der Waals surface area contributed by atoms with Crippen LogP contribution in [0, 0.1) is 5.41 Å². The van der Waals surface area contributed by atoms with E-state index in [-0.39, 0.29) is 0 Å². The van der Waals surface area contributed by atoms with E-state index in [1.807, 2.05) is 12.1 Å². The molecule has 0 aliphatic heterocycles. The fourth-order valence-electron chi connectivity index (χ4n) is 3.54. The van der Waals surface area contributed by atoms with E-state index in [4.69, 9.17) is 5.41 Å². The molecule has 0 radical (unpaired) electrons. The molecule has 0 saturated carbocycles. The van der Waals surface area contributed by atoms with Crippen LogP contribution in [0.15, 0.2) is 59.2 Å². The summed E-state index contributed by atoms with van der Waals surface area (Å²) in [4.78, 5) is 2.13. The van der Waals surface area contributed by atoms with Crippen LogP contribution < -0.4 is 4.90 Å². The molecule has 128 valence electrons. The van der Waals surface area contributed by atoms with Crippen molar-refractivity contribution >= 4 is 17.5 Å². The van der Waals surface area contributed by atoms with Crippen molar-refractivity contribution in [3.8, 4) is 11.1 Å². The zero-order valence-corrected chi connectivity index (χ0v) is 15.8. The van der Waals surface area contributed by atoms with Crippen LogP contribution in [0.2, 0.25) is 0 Å². The van der Waals surface area contributed by atoms with Crippen LogP contribution in [0.5, 0.6) is 0 Å². The predicted octanol–water partition coefficient (Wildman–Crippen LogP) is 5.93. The van der Waals surface area contributed by atoms with E-state index in [0.29, 0.717) is 0 Å². The van der Waals surface area contributed by atoms with Gasteiger partial charge in [0.25, 0.3) is 0 Å². The second kappa shape index (κ2) is 6.72. The molecule has 0 bridgehead atoms. The molecule has 0 fully saturated rings.